The number of rotatable bonds is 42. The molecule has 8 aromatic heterocycles. The summed E-state index contributed by atoms with van der Waals surface area (Å²) in [6.07, 6.45) is 38.4. The van der Waals surface area contributed by atoms with Gasteiger partial charge in [-0.1, -0.05) is 218 Å². The molecule has 8 heterocycles. The Bertz CT molecular complexity index is 4570. The number of unbranched alkanes of at least 4 members (excludes halogenated alkanes) is 16. The van der Waals surface area contributed by atoms with Gasteiger partial charge in [-0.3, -0.25) is 19.2 Å². The van der Waals surface area contributed by atoms with E-state index in [0.29, 0.717) is 34.1 Å². The fourth-order valence-corrected chi connectivity index (χ4v) is 28.4. The van der Waals surface area contributed by atoms with Crippen LogP contribution in [-0.4, -0.2) is 34.6 Å². The maximum Gasteiger partial charge on any atom is 0.197 e. The number of thioether (sulfide) groups is 2. The van der Waals surface area contributed by atoms with Crippen LogP contribution in [0.25, 0.3) is 92.2 Å². The van der Waals surface area contributed by atoms with E-state index in [9.17, 15) is 19.2 Å². The minimum atomic E-state index is -0.180. The van der Waals surface area contributed by atoms with Gasteiger partial charge in [-0.15, -0.1) is 114 Å². The van der Waals surface area contributed by atoms with Gasteiger partial charge >= 0.3 is 0 Å². The molecule has 0 amide bonds. The van der Waals surface area contributed by atoms with Gasteiger partial charge in [0.15, 0.2) is 23.1 Å². The van der Waals surface area contributed by atoms with Crippen molar-refractivity contribution >= 4 is 170 Å². The molecule has 0 saturated carbocycles. The zero-order valence-electron chi connectivity index (χ0n) is 64.6. The number of benzene rings is 3. The highest BCUT2D eigenvalue weighted by atomic mass is 32.2. The average Bonchev–Trinajstić information content (AvgIpc) is 1.53. The van der Waals surface area contributed by atoms with E-state index in [-0.39, 0.29) is 34.3 Å². The Labute approximate surface area is 683 Å². The molecular formula is C94H106O4S10. The van der Waals surface area contributed by atoms with Gasteiger partial charge in [0, 0.05) is 124 Å². The predicted molar refractivity (Wildman–Crippen MR) is 483 cm³/mol. The van der Waals surface area contributed by atoms with Crippen LogP contribution >= 0.6 is 114 Å². The minimum absolute atomic E-state index is 0.180. The number of allylic oxidation sites excluding steroid dienone is 2. The first kappa shape index (κ1) is 80.7. The minimum Gasteiger partial charge on any atom is -0.288 e. The van der Waals surface area contributed by atoms with E-state index in [0.717, 1.165) is 59.8 Å². The average molecular weight is 1620 g/mol. The van der Waals surface area contributed by atoms with Crippen LogP contribution in [0.15, 0.2) is 129 Å². The van der Waals surface area contributed by atoms with E-state index in [1.807, 2.05) is 104 Å². The maximum atomic E-state index is 13.8. The van der Waals surface area contributed by atoms with Crippen molar-refractivity contribution in [2.24, 2.45) is 11.8 Å². The van der Waals surface area contributed by atoms with E-state index in [2.05, 4.69) is 140 Å². The first-order valence-electron chi connectivity index (χ1n) is 40.6. The second-order valence-corrected chi connectivity index (χ2v) is 41.3. The molecule has 2 aliphatic rings. The van der Waals surface area contributed by atoms with E-state index in [1.54, 1.807) is 46.9 Å². The molecule has 0 radical (unpaired) electrons. The first-order valence-corrected chi connectivity index (χ1v) is 49.1. The zero-order chi connectivity index (χ0) is 75.2. The van der Waals surface area contributed by atoms with Crippen LogP contribution in [0.4, 0.5) is 0 Å². The van der Waals surface area contributed by atoms with Crippen molar-refractivity contribution in [2.75, 3.05) is 11.5 Å². The van der Waals surface area contributed by atoms with Gasteiger partial charge < -0.3 is 0 Å². The van der Waals surface area contributed by atoms with Crippen molar-refractivity contribution < 1.29 is 19.2 Å². The van der Waals surface area contributed by atoms with Crippen LogP contribution in [-0.2, 0) is 12.8 Å². The number of carbonyl (C=O) groups is 4. The van der Waals surface area contributed by atoms with Crippen LogP contribution in [0, 0.1) is 25.7 Å². The topological polar surface area (TPSA) is 68.3 Å². The van der Waals surface area contributed by atoms with Gasteiger partial charge in [0.2, 0.25) is 0 Å². The number of hydrogen-bond donors (Lipinski definition) is 0. The Morgan fingerprint density at radius 1 is 0.333 bits per heavy atom. The molecule has 566 valence electrons. The molecule has 14 heteroatoms. The molecule has 11 aromatic rings. The van der Waals surface area contributed by atoms with Crippen molar-refractivity contribution in [2.45, 2.75) is 244 Å². The van der Waals surface area contributed by atoms with Gasteiger partial charge in [-0.2, -0.15) is 0 Å². The van der Waals surface area contributed by atoms with Crippen molar-refractivity contribution in [1.29, 1.82) is 0 Å². The van der Waals surface area contributed by atoms with Gasteiger partial charge in [-0.25, -0.2) is 0 Å². The van der Waals surface area contributed by atoms with Gasteiger partial charge in [-0.05, 0) is 172 Å². The lowest BCUT2D eigenvalue weighted by Gasteiger charge is -2.16. The quantitative estimate of drug-likeness (QED) is 0.0164. The lowest BCUT2D eigenvalue weighted by atomic mass is 9.97. The molecule has 0 bridgehead atoms. The molecule has 0 N–H and O–H groups in total. The second-order valence-electron chi connectivity index (χ2n) is 30.1. The molecule has 13 rings (SSSR count). The molecule has 2 unspecified atom stereocenters. The number of hydrogen-bond acceptors (Lipinski definition) is 14. The van der Waals surface area contributed by atoms with Gasteiger partial charge in [0.05, 0.1) is 19.6 Å². The fourth-order valence-electron chi connectivity index (χ4n) is 15.7. The number of carbonyl (C=O) groups excluding carboxylic acids is 4. The molecule has 0 spiro atoms. The summed E-state index contributed by atoms with van der Waals surface area (Å²) < 4.78 is 5.48. The van der Waals surface area contributed by atoms with E-state index < -0.39 is 0 Å². The third-order valence-corrected chi connectivity index (χ3v) is 34.6. The van der Waals surface area contributed by atoms with E-state index in [1.165, 1.54) is 252 Å². The smallest absolute Gasteiger partial charge is 0.197 e. The van der Waals surface area contributed by atoms with E-state index >= 15 is 0 Å². The lowest BCUT2D eigenvalue weighted by molar-refractivity contribution is 0.0975. The van der Waals surface area contributed by atoms with Crippen LogP contribution in [0.1, 0.15) is 282 Å². The zero-order valence-corrected chi connectivity index (χ0v) is 72.8. The van der Waals surface area contributed by atoms with Crippen molar-refractivity contribution in [1.82, 2.24) is 0 Å². The Morgan fingerprint density at radius 2 is 0.676 bits per heavy atom. The van der Waals surface area contributed by atoms with Crippen molar-refractivity contribution in [3.05, 3.63) is 175 Å². The van der Waals surface area contributed by atoms with Crippen LogP contribution < -0.4 is 0 Å². The predicted octanol–water partition coefficient (Wildman–Crippen LogP) is 32.8. The third-order valence-electron chi connectivity index (χ3n) is 21.8. The third kappa shape index (κ3) is 18.8. The van der Waals surface area contributed by atoms with E-state index in [4.69, 9.17) is 0 Å². The lowest BCUT2D eigenvalue weighted by Crippen LogP contribution is -2.04. The summed E-state index contributed by atoms with van der Waals surface area (Å²) in [6.45, 7) is 18.5. The Kier molecular flexibility index (Phi) is 29.1. The second kappa shape index (κ2) is 38.9. The van der Waals surface area contributed by atoms with Crippen molar-refractivity contribution in [3.8, 4) is 59.9 Å². The van der Waals surface area contributed by atoms with Crippen LogP contribution in [0.5, 0.6) is 0 Å². The normalized spacial score (nSPS) is 13.6. The van der Waals surface area contributed by atoms with Gasteiger partial charge in [0.25, 0.3) is 0 Å². The SMILES string of the molecule is CCCCCCCC(CCCC)CSc1ccc(-c2c3cc(-c4sc(-c5sc(C=C6C(=O)c7ccccc7C6=O)cc5CCCCCC)cc4C)sc3c(-c3ccc(SCC(CCCC)CCCCCCC)s3)c3cc(-c4sc(-c5sc(C=C6C(=O)c7ccccc7C6=O)cc5CCCCCC)cc4C)sc23)s1. The highest BCUT2D eigenvalue weighted by molar-refractivity contribution is 8.01. The molecule has 0 fully saturated rings. The van der Waals surface area contributed by atoms with Crippen LogP contribution in [0.2, 0.25) is 0 Å². The highest BCUT2D eigenvalue weighted by Gasteiger charge is 2.35. The Balaban J connectivity index is 0.947. The fraction of sp³-hybridized carbons (Fsp3) is 0.426. The van der Waals surface area contributed by atoms with Crippen molar-refractivity contribution in [3.63, 3.8) is 0 Å². The molecule has 2 aliphatic carbocycles. The molecule has 2 atom stereocenters. The summed E-state index contributed by atoms with van der Waals surface area (Å²) in [4.78, 5) is 70.1. The summed E-state index contributed by atoms with van der Waals surface area (Å²) in [5, 5.41) is 2.65. The molecular weight excluding hydrogens is 1510 g/mol. The number of Topliss-reactive ketones (excluding diaryl/α,β-unsaturated/α-hetero) is 4. The largest absolute Gasteiger partial charge is 0.288 e. The number of thiophene rings is 8. The Hall–Kier alpha value is -5.36. The molecule has 0 aliphatic heterocycles. The summed E-state index contributed by atoms with van der Waals surface area (Å²) in [7, 11) is 0. The first-order chi connectivity index (χ1) is 52.8. The number of ketones is 4. The standard InChI is InChI=1S/C94H106O4S10/c1-9-15-21-25-27-37-61(35-19-13-5)57-99-81-47-45-75(103-81)83-71-55-79(89-59(7)49-77(105-89)91-63(39-29-23-17-11-3)51-65(101-91)53-73-85(95)67-41-31-32-42-68(67)86(73)96)108-94(71)84(76-46-48-82(104-76)100-58-62(36-20-14-6)38-28-26-22-16-10-2)72-56-80(107-93(72)83)90-60(8)50-78(106-90)92-64(40-30-24-18-12-4)52-66(102-92)54-74-87(97)69-43-33-34-44-70(69)88(74)98/h31-34,41-56,61-62H,9-30,35-40,57-58H2,1-8H3. The molecule has 0 saturated heterocycles. The monoisotopic (exact) mass is 1620 g/mol. The summed E-state index contributed by atoms with van der Waals surface area (Å²) in [5.74, 6) is 3.02. The Morgan fingerprint density at radius 3 is 1.05 bits per heavy atom. The number of aryl methyl sites for hydroxylation is 4. The summed E-state index contributed by atoms with van der Waals surface area (Å²) in [6, 6.07) is 38.8. The highest BCUT2D eigenvalue weighted by Crippen LogP contribution is 2.58. The molecule has 3 aromatic carbocycles. The molecule has 108 heavy (non-hydrogen) atoms. The molecule has 4 nitrogen and oxygen atoms in total. The summed E-state index contributed by atoms with van der Waals surface area (Å²) >= 11 is 19.4. The maximum absolute atomic E-state index is 13.8. The summed E-state index contributed by atoms with van der Waals surface area (Å²) in [5.41, 5.74) is 10.3. The van der Waals surface area contributed by atoms with Gasteiger partial charge in [0.1, 0.15) is 0 Å². The number of fused-ring (bicyclic) bond motifs is 4. The van der Waals surface area contributed by atoms with Crippen LogP contribution in [0.3, 0.4) is 0 Å².